The lowest BCUT2D eigenvalue weighted by Crippen LogP contribution is -2.37. The summed E-state index contributed by atoms with van der Waals surface area (Å²) in [5.74, 6) is 3.53. The number of carbonyl (C=O) groups excluding carboxylic acids is 1. The molecular formula is C19H24N4O3S. The maximum absolute atomic E-state index is 12.7. The molecule has 2 aromatic rings. The molecular weight excluding hydrogens is 364 g/mol. The molecule has 27 heavy (non-hydrogen) atoms. The standard InChI is InChI=1S/C19H24N4O3S/c1-22-18(12-4-5-12)20-21-19(22)27-11-17(24)23-7-6-13-8-15(25-2)16(26-3)9-14(13)10-23/h8-9,12H,4-7,10-11H2,1-3H3. The van der Waals surface area contributed by atoms with Crippen LogP contribution in [0, 0.1) is 0 Å². The van der Waals surface area contributed by atoms with Crippen LogP contribution in [-0.2, 0) is 24.8 Å². The summed E-state index contributed by atoms with van der Waals surface area (Å²) < 4.78 is 12.8. The minimum absolute atomic E-state index is 0.122. The molecule has 8 heteroatoms. The molecule has 1 amide bonds. The largest absolute Gasteiger partial charge is 0.493 e. The van der Waals surface area contributed by atoms with Gasteiger partial charge in [-0.3, -0.25) is 4.79 Å². The first kappa shape index (κ1) is 18.2. The molecule has 2 aliphatic rings. The van der Waals surface area contributed by atoms with Crippen molar-refractivity contribution >= 4 is 17.7 Å². The van der Waals surface area contributed by atoms with Crippen LogP contribution >= 0.6 is 11.8 Å². The molecule has 1 aromatic carbocycles. The van der Waals surface area contributed by atoms with E-state index in [4.69, 9.17) is 9.47 Å². The van der Waals surface area contributed by atoms with Gasteiger partial charge in [-0.15, -0.1) is 10.2 Å². The van der Waals surface area contributed by atoms with Gasteiger partial charge in [0.2, 0.25) is 5.91 Å². The number of carbonyl (C=O) groups is 1. The molecule has 4 rings (SSSR count). The molecule has 1 saturated carbocycles. The number of hydrogen-bond donors (Lipinski definition) is 0. The van der Waals surface area contributed by atoms with Crippen molar-refractivity contribution in [2.45, 2.75) is 36.9 Å². The zero-order valence-corrected chi connectivity index (χ0v) is 16.7. The molecule has 1 aromatic heterocycles. The number of thioether (sulfide) groups is 1. The van der Waals surface area contributed by atoms with Gasteiger partial charge >= 0.3 is 0 Å². The van der Waals surface area contributed by atoms with Crippen molar-refractivity contribution in [2.75, 3.05) is 26.5 Å². The smallest absolute Gasteiger partial charge is 0.233 e. The third-order valence-electron chi connectivity index (χ3n) is 5.21. The molecule has 7 nitrogen and oxygen atoms in total. The molecule has 0 radical (unpaired) electrons. The third-order valence-corrected chi connectivity index (χ3v) is 6.21. The first-order valence-corrected chi connectivity index (χ1v) is 10.1. The van der Waals surface area contributed by atoms with E-state index in [0.717, 1.165) is 28.7 Å². The van der Waals surface area contributed by atoms with Crippen LogP contribution in [0.25, 0.3) is 0 Å². The molecule has 0 bridgehead atoms. The van der Waals surface area contributed by atoms with E-state index in [2.05, 4.69) is 10.2 Å². The summed E-state index contributed by atoms with van der Waals surface area (Å²) in [7, 11) is 5.25. The number of aromatic nitrogens is 3. The monoisotopic (exact) mass is 388 g/mol. The summed E-state index contributed by atoms with van der Waals surface area (Å²) in [6, 6.07) is 4.00. The van der Waals surface area contributed by atoms with Gasteiger partial charge in [0.1, 0.15) is 5.82 Å². The number of ether oxygens (including phenoxy) is 2. The number of methoxy groups -OCH3 is 2. The van der Waals surface area contributed by atoms with Gasteiger partial charge in [-0.2, -0.15) is 0 Å². The van der Waals surface area contributed by atoms with Crippen LogP contribution in [0.4, 0.5) is 0 Å². The van der Waals surface area contributed by atoms with Crippen molar-refractivity contribution in [1.29, 1.82) is 0 Å². The van der Waals surface area contributed by atoms with E-state index in [0.29, 0.717) is 30.5 Å². The SMILES string of the molecule is COc1cc2c(cc1OC)CN(C(=O)CSc1nnc(C3CC3)n1C)CC2. The second-order valence-electron chi connectivity index (χ2n) is 7.00. The molecule has 1 aliphatic heterocycles. The quantitative estimate of drug-likeness (QED) is 0.708. The summed E-state index contributed by atoms with van der Waals surface area (Å²) in [5, 5.41) is 9.34. The van der Waals surface area contributed by atoms with Crippen LogP contribution in [0.2, 0.25) is 0 Å². The van der Waals surface area contributed by atoms with Gasteiger partial charge in [0.25, 0.3) is 0 Å². The Morgan fingerprint density at radius 1 is 1.19 bits per heavy atom. The van der Waals surface area contributed by atoms with Crippen molar-refractivity contribution in [2.24, 2.45) is 7.05 Å². The number of hydrogen-bond acceptors (Lipinski definition) is 6. The molecule has 0 spiro atoms. The van der Waals surface area contributed by atoms with Crippen LogP contribution < -0.4 is 9.47 Å². The highest BCUT2D eigenvalue weighted by atomic mass is 32.2. The van der Waals surface area contributed by atoms with Crippen molar-refractivity contribution in [3.05, 3.63) is 29.1 Å². The van der Waals surface area contributed by atoms with Crippen molar-refractivity contribution in [3.63, 3.8) is 0 Å². The molecule has 0 saturated heterocycles. The molecule has 0 atom stereocenters. The Morgan fingerprint density at radius 2 is 1.89 bits per heavy atom. The van der Waals surface area contributed by atoms with Gasteiger partial charge in [0, 0.05) is 26.1 Å². The Labute approximate surface area is 163 Å². The van der Waals surface area contributed by atoms with Crippen LogP contribution in [0.15, 0.2) is 17.3 Å². The van der Waals surface area contributed by atoms with Crippen LogP contribution in [0.1, 0.15) is 35.7 Å². The van der Waals surface area contributed by atoms with Gasteiger partial charge in [0.15, 0.2) is 16.7 Å². The lowest BCUT2D eigenvalue weighted by atomic mass is 9.99. The van der Waals surface area contributed by atoms with E-state index < -0.39 is 0 Å². The lowest BCUT2D eigenvalue weighted by Gasteiger charge is -2.29. The van der Waals surface area contributed by atoms with Gasteiger partial charge in [-0.05, 0) is 42.5 Å². The highest BCUT2D eigenvalue weighted by Gasteiger charge is 2.29. The topological polar surface area (TPSA) is 69.5 Å². The second-order valence-corrected chi connectivity index (χ2v) is 7.95. The van der Waals surface area contributed by atoms with Gasteiger partial charge in [0.05, 0.1) is 20.0 Å². The Bertz CT molecular complexity index is 863. The minimum Gasteiger partial charge on any atom is -0.493 e. The summed E-state index contributed by atoms with van der Waals surface area (Å²) in [5.41, 5.74) is 2.33. The maximum atomic E-state index is 12.7. The second kappa shape index (κ2) is 7.42. The van der Waals surface area contributed by atoms with Crippen molar-refractivity contribution in [3.8, 4) is 11.5 Å². The summed E-state index contributed by atoms with van der Waals surface area (Å²) >= 11 is 1.46. The fourth-order valence-electron chi connectivity index (χ4n) is 3.46. The minimum atomic E-state index is 0.122. The molecule has 0 N–H and O–H groups in total. The highest BCUT2D eigenvalue weighted by Crippen LogP contribution is 2.39. The van der Waals surface area contributed by atoms with E-state index in [-0.39, 0.29) is 5.91 Å². The van der Waals surface area contributed by atoms with E-state index in [1.807, 2.05) is 28.6 Å². The first-order chi connectivity index (χ1) is 13.1. The van der Waals surface area contributed by atoms with E-state index in [1.165, 1.54) is 30.2 Å². The van der Waals surface area contributed by atoms with Crippen LogP contribution in [-0.4, -0.2) is 52.1 Å². The zero-order valence-electron chi connectivity index (χ0n) is 15.9. The predicted molar refractivity (Wildman–Crippen MR) is 102 cm³/mol. The number of nitrogens with zero attached hydrogens (tertiary/aromatic N) is 4. The summed E-state index contributed by atoms with van der Waals surface area (Å²) in [6.45, 7) is 1.31. The van der Waals surface area contributed by atoms with Crippen molar-refractivity contribution in [1.82, 2.24) is 19.7 Å². The Morgan fingerprint density at radius 3 is 2.56 bits per heavy atom. The summed E-state index contributed by atoms with van der Waals surface area (Å²) in [6.07, 6.45) is 3.20. The third kappa shape index (κ3) is 3.63. The molecule has 0 unspecified atom stereocenters. The number of fused-ring (bicyclic) bond motifs is 1. The summed E-state index contributed by atoms with van der Waals surface area (Å²) in [4.78, 5) is 14.6. The number of benzene rings is 1. The average Bonchev–Trinajstić information content (AvgIpc) is 3.47. The van der Waals surface area contributed by atoms with Crippen LogP contribution in [0.5, 0.6) is 11.5 Å². The molecule has 1 aliphatic carbocycles. The van der Waals surface area contributed by atoms with E-state index in [9.17, 15) is 4.79 Å². The number of amides is 1. The Hall–Kier alpha value is -2.22. The zero-order chi connectivity index (χ0) is 19.0. The average molecular weight is 388 g/mol. The van der Waals surface area contributed by atoms with E-state index >= 15 is 0 Å². The Balaban J connectivity index is 1.40. The normalized spacial score (nSPS) is 16.2. The van der Waals surface area contributed by atoms with Crippen LogP contribution in [0.3, 0.4) is 0 Å². The maximum Gasteiger partial charge on any atom is 0.233 e. The Kier molecular flexibility index (Phi) is 4.99. The lowest BCUT2D eigenvalue weighted by molar-refractivity contribution is -0.129. The predicted octanol–water partition coefficient (Wildman–Crippen LogP) is 2.39. The van der Waals surface area contributed by atoms with Gasteiger partial charge in [-0.25, -0.2) is 0 Å². The molecule has 1 fully saturated rings. The highest BCUT2D eigenvalue weighted by molar-refractivity contribution is 7.99. The fourth-order valence-corrected chi connectivity index (χ4v) is 4.28. The van der Waals surface area contributed by atoms with Gasteiger partial charge in [-0.1, -0.05) is 11.8 Å². The van der Waals surface area contributed by atoms with E-state index in [1.54, 1.807) is 14.2 Å². The van der Waals surface area contributed by atoms with Crippen molar-refractivity contribution < 1.29 is 14.3 Å². The van der Waals surface area contributed by atoms with Gasteiger partial charge < -0.3 is 18.9 Å². The molecule has 144 valence electrons. The fraction of sp³-hybridized carbons (Fsp3) is 0.526. The first-order valence-electron chi connectivity index (χ1n) is 9.14. The number of rotatable bonds is 6. The molecule has 2 heterocycles.